The number of hydrogen-bond acceptors (Lipinski definition) is 4. The van der Waals surface area contributed by atoms with E-state index in [1.165, 1.54) is 7.11 Å². The summed E-state index contributed by atoms with van der Waals surface area (Å²) < 4.78 is 4.74. The minimum absolute atomic E-state index is 0.000406. The molecule has 0 bridgehead atoms. The van der Waals surface area contributed by atoms with Crippen LogP contribution in [0, 0.1) is 6.92 Å². The van der Waals surface area contributed by atoms with Crippen molar-refractivity contribution in [3.8, 4) is 11.1 Å². The molecule has 2 aromatic carbocycles. The number of amides is 1. The molecule has 0 atom stereocenters. The summed E-state index contributed by atoms with van der Waals surface area (Å²) in [6.07, 6.45) is 0. The van der Waals surface area contributed by atoms with E-state index in [1.807, 2.05) is 50.4 Å². The number of esters is 1. The van der Waals surface area contributed by atoms with Crippen LogP contribution in [0.25, 0.3) is 11.1 Å². The standard InChI is InChI=1S/C20H24N2O3/c1-14-13-17(20(24)25-4)9-10-18(14)15-5-7-16(8-6-15)19(23)22(3)12-11-21-2/h5-10,13,21H,11-12H2,1-4H3. The predicted octanol–water partition coefficient (Wildman–Crippen LogP) is 2.74. The normalized spacial score (nSPS) is 10.4. The number of benzene rings is 2. The van der Waals surface area contributed by atoms with Crippen molar-refractivity contribution >= 4 is 11.9 Å². The highest BCUT2D eigenvalue weighted by molar-refractivity contribution is 5.95. The Balaban J connectivity index is 2.20. The van der Waals surface area contributed by atoms with E-state index in [4.69, 9.17) is 4.74 Å². The molecule has 0 aliphatic heterocycles. The third-order valence-corrected chi connectivity index (χ3v) is 4.13. The second kappa shape index (κ2) is 8.44. The van der Waals surface area contributed by atoms with Gasteiger partial charge < -0.3 is 15.0 Å². The lowest BCUT2D eigenvalue weighted by Gasteiger charge is -2.17. The van der Waals surface area contributed by atoms with Crippen LogP contribution in [0.5, 0.6) is 0 Å². The number of likely N-dealkylation sites (N-methyl/N-ethyl adjacent to an activating group) is 2. The van der Waals surface area contributed by atoms with Gasteiger partial charge in [-0.25, -0.2) is 4.79 Å². The highest BCUT2D eigenvalue weighted by atomic mass is 16.5. The van der Waals surface area contributed by atoms with Gasteiger partial charge in [0.2, 0.25) is 0 Å². The van der Waals surface area contributed by atoms with Gasteiger partial charge in [0.15, 0.2) is 0 Å². The van der Waals surface area contributed by atoms with Crippen molar-refractivity contribution in [3.05, 3.63) is 59.2 Å². The first-order chi connectivity index (χ1) is 12.0. The zero-order chi connectivity index (χ0) is 18.4. The average molecular weight is 340 g/mol. The fourth-order valence-electron chi connectivity index (χ4n) is 2.63. The number of rotatable bonds is 6. The quantitative estimate of drug-likeness (QED) is 0.822. The first-order valence-corrected chi connectivity index (χ1v) is 8.17. The summed E-state index contributed by atoms with van der Waals surface area (Å²) in [5.41, 5.74) is 4.19. The van der Waals surface area contributed by atoms with Crippen molar-refractivity contribution in [2.45, 2.75) is 6.92 Å². The molecule has 0 spiro atoms. The van der Waals surface area contributed by atoms with Gasteiger partial charge in [-0.1, -0.05) is 18.2 Å². The van der Waals surface area contributed by atoms with Crippen LogP contribution in [0.4, 0.5) is 0 Å². The number of hydrogen-bond donors (Lipinski definition) is 1. The number of carbonyl (C=O) groups is 2. The summed E-state index contributed by atoms with van der Waals surface area (Å²) in [7, 11) is 5.03. The smallest absolute Gasteiger partial charge is 0.337 e. The van der Waals surface area contributed by atoms with E-state index < -0.39 is 0 Å². The molecule has 1 N–H and O–H groups in total. The highest BCUT2D eigenvalue weighted by Crippen LogP contribution is 2.25. The van der Waals surface area contributed by atoms with Crippen molar-refractivity contribution in [1.29, 1.82) is 0 Å². The molecule has 25 heavy (non-hydrogen) atoms. The van der Waals surface area contributed by atoms with Crippen LogP contribution in [0.2, 0.25) is 0 Å². The van der Waals surface area contributed by atoms with Crippen LogP contribution in [-0.4, -0.2) is 51.1 Å². The Kier molecular flexibility index (Phi) is 6.31. The number of carbonyl (C=O) groups excluding carboxylic acids is 2. The summed E-state index contributed by atoms with van der Waals surface area (Å²) in [6.45, 7) is 3.36. The number of nitrogens with one attached hydrogen (secondary N) is 1. The molecule has 0 heterocycles. The zero-order valence-electron chi connectivity index (χ0n) is 15.1. The van der Waals surface area contributed by atoms with E-state index in [-0.39, 0.29) is 11.9 Å². The number of ether oxygens (including phenoxy) is 1. The lowest BCUT2D eigenvalue weighted by Crippen LogP contribution is -2.32. The molecule has 0 unspecified atom stereocenters. The Morgan fingerprint density at radius 3 is 2.28 bits per heavy atom. The number of aryl methyl sites for hydroxylation is 1. The summed E-state index contributed by atoms with van der Waals surface area (Å²) in [6, 6.07) is 13.0. The Morgan fingerprint density at radius 1 is 1.08 bits per heavy atom. The molecule has 5 nitrogen and oxygen atoms in total. The number of methoxy groups -OCH3 is 1. The molecule has 0 aliphatic rings. The van der Waals surface area contributed by atoms with E-state index in [0.29, 0.717) is 17.7 Å². The van der Waals surface area contributed by atoms with E-state index in [1.54, 1.807) is 18.0 Å². The lowest BCUT2D eigenvalue weighted by atomic mass is 9.97. The Bertz CT molecular complexity index is 754. The fraction of sp³-hybridized carbons (Fsp3) is 0.300. The first kappa shape index (κ1) is 18.7. The van der Waals surface area contributed by atoms with Crippen LogP contribution in [0.15, 0.2) is 42.5 Å². The molecule has 0 fully saturated rings. The second-order valence-electron chi connectivity index (χ2n) is 5.93. The molecule has 2 aromatic rings. The largest absolute Gasteiger partial charge is 0.465 e. The van der Waals surface area contributed by atoms with Gasteiger partial charge in [0.1, 0.15) is 0 Å². The van der Waals surface area contributed by atoms with E-state index in [2.05, 4.69) is 5.32 Å². The number of nitrogens with zero attached hydrogens (tertiary/aromatic N) is 1. The molecule has 0 saturated carbocycles. The third kappa shape index (κ3) is 4.45. The molecule has 2 rings (SSSR count). The lowest BCUT2D eigenvalue weighted by molar-refractivity contribution is 0.0600. The molecular weight excluding hydrogens is 316 g/mol. The highest BCUT2D eigenvalue weighted by Gasteiger charge is 2.12. The topological polar surface area (TPSA) is 58.6 Å². The van der Waals surface area contributed by atoms with Gasteiger partial charge in [-0.3, -0.25) is 4.79 Å². The second-order valence-corrected chi connectivity index (χ2v) is 5.93. The maximum atomic E-state index is 12.4. The molecule has 0 aliphatic carbocycles. The molecule has 5 heteroatoms. The monoisotopic (exact) mass is 340 g/mol. The molecular formula is C20H24N2O3. The molecule has 0 aromatic heterocycles. The Labute approximate surface area is 148 Å². The maximum Gasteiger partial charge on any atom is 0.337 e. The van der Waals surface area contributed by atoms with Gasteiger partial charge in [0, 0.05) is 25.7 Å². The summed E-state index contributed by atoms with van der Waals surface area (Å²) in [5, 5.41) is 3.03. The van der Waals surface area contributed by atoms with E-state index in [9.17, 15) is 9.59 Å². The third-order valence-electron chi connectivity index (χ3n) is 4.13. The SMILES string of the molecule is CNCCN(C)C(=O)c1ccc(-c2ccc(C(=O)OC)cc2C)cc1. The minimum Gasteiger partial charge on any atom is -0.465 e. The molecule has 0 saturated heterocycles. The van der Waals surface area contributed by atoms with E-state index in [0.717, 1.165) is 23.2 Å². The summed E-state index contributed by atoms with van der Waals surface area (Å²) >= 11 is 0. The van der Waals surface area contributed by atoms with Crippen molar-refractivity contribution in [3.63, 3.8) is 0 Å². The maximum absolute atomic E-state index is 12.4. The molecule has 132 valence electrons. The van der Waals surface area contributed by atoms with Gasteiger partial charge in [-0.05, 0) is 54.9 Å². The van der Waals surface area contributed by atoms with Crippen molar-refractivity contribution in [1.82, 2.24) is 10.2 Å². The van der Waals surface area contributed by atoms with Gasteiger partial charge in [0.05, 0.1) is 12.7 Å². The molecule has 1 amide bonds. The average Bonchev–Trinajstić information content (AvgIpc) is 2.64. The molecule has 0 radical (unpaired) electrons. The van der Waals surface area contributed by atoms with Gasteiger partial charge in [-0.15, -0.1) is 0 Å². The zero-order valence-corrected chi connectivity index (χ0v) is 15.1. The Hall–Kier alpha value is -2.66. The van der Waals surface area contributed by atoms with Gasteiger partial charge in [0.25, 0.3) is 5.91 Å². The van der Waals surface area contributed by atoms with Crippen molar-refractivity contribution < 1.29 is 14.3 Å². The van der Waals surface area contributed by atoms with Crippen LogP contribution >= 0.6 is 0 Å². The van der Waals surface area contributed by atoms with Crippen LogP contribution in [-0.2, 0) is 4.74 Å². The first-order valence-electron chi connectivity index (χ1n) is 8.17. The van der Waals surface area contributed by atoms with Crippen LogP contribution in [0.1, 0.15) is 26.3 Å². The predicted molar refractivity (Wildman–Crippen MR) is 98.8 cm³/mol. The Morgan fingerprint density at radius 2 is 1.72 bits per heavy atom. The fourth-order valence-corrected chi connectivity index (χ4v) is 2.63. The van der Waals surface area contributed by atoms with Crippen molar-refractivity contribution in [2.24, 2.45) is 0 Å². The van der Waals surface area contributed by atoms with Crippen LogP contribution in [0.3, 0.4) is 0 Å². The van der Waals surface area contributed by atoms with Crippen LogP contribution < -0.4 is 5.32 Å². The summed E-state index contributed by atoms with van der Waals surface area (Å²) in [5.74, 6) is -0.347. The summed E-state index contributed by atoms with van der Waals surface area (Å²) in [4.78, 5) is 25.7. The van der Waals surface area contributed by atoms with Gasteiger partial charge in [-0.2, -0.15) is 0 Å². The van der Waals surface area contributed by atoms with Crippen molar-refractivity contribution in [2.75, 3.05) is 34.3 Å². The van der Waals surface area contributed by atoms with E-state index >= 15 is 0 Å². The minimum atomic E-state index is -0.347. The van der Waals surface area contributed by atoms with Gasteiger partial charge >= 0.3 is 5.97 Å².